The van der Waals surface area contributed by atoms with E-state index < -0.39 is 5.97 Å². The van der Waals surface area contributed by atoms with E-state index in [-0.39, 0.29) is 5.75 Å². The summed E-state index contributed by atoms with van der Waals surface area (Å²) in [5.74, 6) is -1.30. The van der Waals surface area contributed by atoms with Crippen molar-refractivity contribution in [3.05, 3.63) is 22.4 Å². The number of carbonyl (C=O) groups is 1. The van der Waals surface area contributed by atoms with E-state index in [4.69, 9.17) is 0 Å². The zero-order valence-corrected chi connectivity index (χ0v) is 11.7. The number of carbonyl (C=O) groups excluding carboxylic acids is 1. The molecule has 0 radical (unpaired) electrons. The van der Waals surface area contributed by atoms with Crippen molar-refractivity contribution >= 4 is 17.7 Å². The Balaban J connectivity index is 2.48. The maximum absolute atomic E-state index is 10.6. The van der Waals surface area contributed by atoms with E-state index in [1.165, 1.54) is 5.56 Å². The van der Waals surface area contributed by atoms with Gasteiger partial charge < -0.3 is 9.90 Å². The van der Waals surface area contributed by atoms with E-state index in [1.807, 2.05) is 6.92 Å². The maximum atomic E-state index is 10.6. The second-order valence-electron chi connectivity index (χ2n) is 4.53. The molecule has 0 N–H and O–H groups in total. The highest BCUT2D eigenvalue weighted by molar-refractivity contribution is 7.99. The first-order valence-corrected chi connectivity index (χ1v) is 7.43. The molecule has 4 nitrogen and oxygen atoms in total. The quantitative estimate of drug-likeness (QED) is 0.773. The van der Waals surface area contributed by atoms with Crippen molar-refractivity contribution in [3.8, 4) is 6.07 Å². The number of fused-ring (bicyclic) bond motifs is 1. The molecule has 1 aromatic heterocycles. The minimum absolute atomic E-state index is 0.163. The summed E-state index contributed by atoms with van der Waals surface area (Å²) >= 11 is 1.09. The summed E-state index contributed by atoms with van der Waals surface area (Å²) in [6, 6.07) is 2.20. The van der Waals surface area contributed by atoms with E-state index in [9.17, 15) is 15.2 Å². The summed E-state index contributed by atoms with van der Waals surface area (Å²) in [5, 5.41) is 20.5. The van der Waals surface area contributed by atoms with Crippen LogP contribution in [-0.4, -0.2) is 16.7 Å². The molecule has 5 heteroatoms. The van der Waals surface area contributed by atoms with Crippen LogP contribution in [0.4, 0.5) is 0 Å². The van der Waals surface area contributed by atoms with Crippen LogP contribution in [0, 0.1) is 11.3 Å². The van der Waals surface area contributed by atoms with Crippen LogP contribution in [0.2, 0.25) is 0 Å². The summed E-state index contributed by atoms with van der Waals surface area (Å²) < 4.78 is 0. The Labute approximate surface area is 116 Å². The molecule has 100 valence electrons. The highest BCUT2D eigenvalue weighted by atomic mass is 32.2. The Bertz CT molecular complexity index is 549. The molecule has 1 aliphatic rings. The normalized spacial score (nSPS) is 13.7. The lowest BCUT2D eigenvalue weighted by Gasteiger charge is -2.21. The van der Waals surface area contributed by atoms with Crippen molar-refractivity contribution in [2.45, 2.75) is 44.1 Å². The van der Waals surface area contributed by atoms with Gasteiger partial charge in [-0.25, -0.2) is 4.98 Å². The SMILES string of the molecule is CCc1nc(SCC(=O)[O-])c(C#N)c2c1CCCC2. The van der Waals surface area contributed by atoms with Gasteiger partial charge in [0.15, 0.2) is 0 Å². The van der Waals surface area contributed by atoms with Gasteiger partial charge in [-0.3, -0.25) is 0 Å². The number of rotatable bonds is 4. The Kier molecular flexibility index (Phi) is 4.43. The fraction of sp³-hybridized carbons (Fsp3) is 0.500. The summed E-state index contributed by atoms with van der Waals surface area (Å²) in [7, 11) is 0. The molecule has 0 aromatic carbocycles. The number of aromatic nitrogens is 1. The molecule has 0 amide bonds. The van der Waals surface area contributed by atoms with Crippen molar-refractivity contribution in [3.63, 3.8) is 0 Å². The van der Waals surface area contributed by atoms with E-state index >= 15 is 0 Å². The van der Waals surface area contributed by atoms with Crippen molar-refractivity contribution in [2.75, 3.05) is 5.75 Å². The molecular formula is C14H15N2O2S-. The van der Waals surface area contributed by atoms with Gasteiger partial charge in [-0.1, -0.05) is 18.7 Å². The lowest BCUT2D eigenvalue weighted by molar-refractivity contribution is -0.301. The van der Waals surface area contributed by atoms with Crippen molar-refractivity contribution in [2.24, 2.45) is 0 Å². The molecule has 1 aromatic rings. The van der Waals surface area contributed by atoms with Crippen molar-refractivity contribution in [1.82, 2.24) is 4.98 Å². The number of nitriles is 1. The minimum Gasteiger partial charge on any atom is -0.549 e. The van der Waals surface area contributed by atoms with Crippen LogP contribution >= 0.6 is 11.8 Å². The molecule has 0 spiro atoms. The van der Waals surface area contributed by atoms with Crippen LogP contribution in [0.25, 0.3) is 0 Å². The number of hydrogen-bond acceptors (Lipinski definition) is 5. The third kappa shape index (κ3) is 2.90. The summed E-state index contributed by atoms with van der Waals surface area (Å²) in [6.07, 6.45) is 4.91. The maximum Gasteiger partial charge on any atom is 0.115 e. The van der Waals surface area contributed by atoms with Gasteiger partial charge in [0.05, 0.1) is 11.5 Å². The number of thioether (sulfide) groups is 1. The van der Waals surface area contributed by atoms with Crippen LogP contribution in [0.15, 0.2) is 5.03 Å². The summed E-state index contributed by atoms with van der Waals surface area (Å²) in [4.78, 5) is 15.1. The highest BCUT2D eigenvalue weighted by Gasteiger charge is 2.21. The molecule has 0 saturated carbocycles. The number of carboxylic acid groups (broad SMARTS) is 1. The van der Waals surface area contributed by atoms with Gasteiger partial charge in [-0.15, -0.1) is 0 Å². The van der Waals surface area contributed by atoms with Gasteiger partial charge >= 0.3 is 0 Å². The first-order valence-electron chi connectivity index (χ1n) is 6.44. The Morgan fingerprint density at radius 2 is 2.11 bits per heavy atom. The average molecular weight is 275 g/mol. The smallest absolute Gasteiger partial charge is 0.115 e. The Morgan fingerprint density at radius 3 is 2.68 bits per heavy atom. The second kappa shape index (κ2) is 6.07. The van der Waals surface area contributed by atoms with E-state index in [0.717, 1.165) is 55.1 Å². The lowest BCUT2D eigenvalue weighted by atomic mass is 9.87. The molecule has 0 unspecified atom stereocenters. The zero-order valence-electron chi connectivity index (χ0n) is 10.9. The largest absolute Gasteiger partial charge is 0.549 e. The third-order valence-electron chi connectivity index (χ3n) is 3.34. The highest BCUT2D eigenvalue weighted by Crippen LogP contribution is 2.32. The molecular weight excluding hydrogens is 260 g/mol. The third-order valence-corrected chi connectivity index (χ3v) is 4.29. The van der Waals surface area contributed by atoms with Crippen molar-refractivity contribution < 1.29 is 9.90 Å². The molecule has 2 rings (SSSR count). The van der Waals surface area contributed by atoms with Crippen LogP contribution in [0.5, 0.6) is 0 Å². The second-order valence-corrected chi connectivity index (χ2v) is 5.49. The number of aryl methyl sites for hydroxylation is 1. The van der Waals surface area contributed by atoms with Gasteiger partial charge in [0.2, 0.25) is 0 Å². The molecule has 1 heterocycles. The fourth-order valence-corrected chi connectivity index (χ4v) is 3.26. The van der Waals surface area contributed by atoms with Gasteiger partial charge in [-0.05, 0) is 43.2 Å². The van der Waals surface area contributed by atoms with Gasteiger partial charge in [0.25, 0.3) is 0 Å². The number of carboxylic acids is 1. The van der Waals surface area contributed by atoms with Crippen LogP contribution in [0.1, 0.15) is 42.1 Å². The van der Waals surface area contributed by atoms with Crippen LogP contribution in [-0.2, 0) is 24.1 Å². The van der Waals surface area contributed by atoms with E-state index in [0.29, 0.717) is 10.6 Å². The molecule has 0 fully saturated rings. The number of nitrogens with zero attached hydrogens (tertiary/aromatic N) is 2. The molecule has 1 aliphatic carbocycles. The Morgan fingerprint density at radius 1 is 1.42 bits per heavy atom. The van der Waals surface area contributed by atoms with Crippen LogP contribution in [0.3, 0.4) is 0 Å². The van der Waals surface area contributed by atoms with Gasteiger partial charge in [0, 0.05) is 11.4 Å². The Hall–Kier alpha value is -1.54. The molecule has 0 atom stereocenters. The standard InChI is InChI=1S/C14H16N2O2S/c1-2-12-10-6-4-3-5-9(10)11(7-15)14(16-12)19-8-13(17)18/h2-6,8H2,1H3,(H,17,18)/p-1. The zero-order chi connectivity index (χ0) is 13.8. The minimum atomic E-state index is -1.13. The van der Waals surface area contributed by atoms with Gasteiger partial charge in [0.1, 0.15) is 11.1 Å². The summed E-state index contributed by atoms with van der Waals surface area (Å²) in [5.41, 5.74) is 3.87. The molecule has 19 heavy (non-hydrogen) atoms. The van der Waals surface area contributed by atoms with Gasteiger partial charge in [-0.2, -0.15) is 5.26 Å². The molecule has 0 bridgehead atoms. The first-order chi connectivity index (χ1) is 9.17. The topological polar surface area (TPSA) is 76.8 Å². The number of pyridine rings is 1. The predicted octanol–water partition coefficient (Wildman–Crippen LogP) is 1.24. The average Bonchev–Trinajstić information content (AvgIpc) is 2.43. The monoisotopic (exact) mass is 275 g/mol. The molecule has 0 aliphatic heterocycles. The van der Waals surface area contributed by atoms with E-state index in [2.05, 4.69) is 11.1 Å². The number of hydrogen-bond donors (Lipinski definition) is 0. The summed E-state index contributed by atoms with van der Waals surface area (Å²) in [6.45, 7) is 2.04. The predicted molar refractivity (Wildman–Crippen MR) is 70.7 cm³/mol. The first kappa shape index (κ1) is 13.9. The van der Waals surface area contributed by atoms with E-state index in [1.54, 1.807) is 0 Å². The fourth-order valence-electron chi connectivity index (χ4n) is 2.51. The number of aliphatic carboxylic acids is 1. The van der Waals surface area contributed by atoms with Crippen LogP contribution < -0.4 is 5.11 Å². The van der Waals surface area contributed by atoms with Crippen molar-refractivity contribution in [1.29, 1.82) is 5.26 Å². The molecule has 0 saturated heterocycles. The lowest BCUT2D eigenvalue weighted by Crippen LogP contribution is -2.24.